The highest BCUT2D eigenvalue weighted by molar-refractivity contribution is 5.94. The second kappa shape index (κ2) is 9.81. The van der Waals surface area contributed by atoms with Crippen LogP contribution in [0, 0.1) is 12.8 Å². The van der Waals surface area contributed by atoms with Crippen LogP contribution in [0.2, 0.25) is 0 Å². The Bertz CT molecular complexity index is 1060. The number of aromatic nitrogens is 2. The summed E-state index contributed by atoms with van der Waals surface area (Å²) < 4.78 is 5.79. The molecule has 0 N–H and O–H groups in total. The molecule has 0 saturated carbocycles. The lowest BCUT2D eigenvalue weighted by Crippen LogP contribution is -2.49. The SMILES string of the molecule is Cc1nc(-c2ccccc2)cc(N2CCN(C(=O)c3cccc(OCC(C)C)c3)CC2)n1. The van der Waals surface area contributed by atoms with Crippen molar-refractivity contribution in [1.82, 2.24) is 14.9 Å². The first-order valence-corrected chi connectivity index (χ1v) is 11.2. The molecule has 6 heteroatoms. The van der Waals surface area contributed by atoms with E-state index in [4.69, 9.17) is 4.74 Å². The van der Waals surface area contributed by atoms with Crippen LogP contribution >= 0.6 is 0 Å². The van der Waals surface area contributed by atoms with Crippen LogP contribution in [-0.4, -0.2) is 53.6 Å². The molecule has 2 heterocycles. The highest BCUT2D eigenvalue weighted by Gasteiger charge is 2.24. The molecule has 1 aromatic heterocycles. The minimum Gasteiger partial charge on any atom is -0.493 e. The van der Waals surface area contributed by atoms with Gasteiger partial charge in [-0.2, -0.15) is 0 Å². The van der Waals surface area contributed by atoms with E-state index in [1.54, 1.807) is 0 Å². The van der Waals surface area contributed by atoms with Crippen molar-refractivity contribution in [3.8, 4) is 17.0 Å². The molecule has 3 aromatic rings. The molecule has 32 heavy (non-hydrogen) atoms. The molecule has 0 bridgehead atoms. The van der Waals surface area contributed by atoms with Gasteiger partial charge in [0.25, 0.3) is 5.91 Å². The molecule has 2 aromatic carbocycles. The number of anilines is 1. The molecular formula is C26H30N4O2. The Balaban J connectivity index is 1.42. The van der Waals surface area contributed by atoms with Crippen molar-refractivity contribution in [3.63, 3.8) is 0 Å². The average Bonchev–Trinajstić information content (AvgIpc) is 2.83. The molecule has 1 aliphatic rings. The Hall–Kier alpha value is -3.41. The third kappa shape index (κ3) is 5.25. The summed E-state index contributed by atoms with van der Waals surface area (Å²) >= 11 is 0. The molecule has 1 amide bonds. The molecule has 0 unspecified atom stereocenters. The molecule has 4 rings (SSSR count). The zero-order valence-corrected chi connectivity index (χ0v) is 19.0. The zero-order valence-electron chi connectivity index (χ0n) is 19.0. The highest BCUT2D eigenvalue weighted by atomic mass is 16.5. The van der Waals surface area contributed by atoms with Gasteiger partial charge in [-0.05, 0) is 31.0 Å². The Morgan fingerprint density at radius 1 is 0.969 bits per heavy atom. The van der Waals surface area contributed by atoms with E-state index >= 15 is 0 Å². The van der Waals surface area contributed by atoms with Crippen molar-refractivity contribution in [2.45, 2.75) is 20.8 Å². The molecule has 1 aliphatic heterocycles. The molecule has 0 radical (unpaired) electrons. The number of ether oxygens (including phenoxy) is 1. The summed E-state index contributed by atoms with van der Waals surface area (Å²) in [5.74, 6) is 2.89. The van der Waals surface area contributed by atoms with Crippen molar-refractivity contribution < 1.29 is 9.53 Å². The van der Waals surface area contributed by atoms with Crippen molar-refractivity contribution in [3.05, 3.63) is 72.1 Å². The summed E-state index contributed by atoms with van der Waals surface area (Å²) in [6, 6.07) is 19.7. The summed E-state index contributed by atoms with van der Waals surface area (Å²) in [5, 5.41) is 0. The lowest BCUT2D eigenvalue weighted by atomic mass is 10.1. The molecule has 0 aliphatic carbocycles. The summed E-state index contributed by atoms with van der Waals surface area (Å²) in [5.41, 5.74) is 2.67. The normalized spacial score (nSPS) is 14.0. The van der Waals surface area contributed by atoms with Crippen molar-refractivity contribution in [2.24, 2.45) is 5.92 Å². The Kier molecular flexibility index (Phi) is 6.69. The number of amides is 1. The number of rotatable bonds is 6. The second-order valence-corrected chi connectivity index (χ2v) is 8.54. The van der Waals surface area contributed by atoms with Gasteiger partial charge in [-0.25, -0.2) is 9.97 Å². The fourth-order valence-corrected chi connectivity index (χ4v) is 3.77. The zero-order chi connectivity index (χ0) is 22.5. The van der Waals surface area contributed by atoms with Crippen LogP contribution < -0.4 is 9.64 Å². The average molecular weight is 431 g/mol. The quantitative estimate of drug-likeness (QED) is 0.578. The molecular weight excluding hydrogens is 400 g/mol. The first-order valence-electron chi connectivity index (χ1n) is 11.2. The van der Waals surface area contributed by atoms with E-state index in [2.05, 4.69) is 40.8 Å². The molecule has 6 nitrogen and oxygen atoms in total. The van der Waals surface area contributed by atoms with Crippen molar-refractivity contribution in [1.29, 1.82) is 0 Å². The molecule has 0 spiro atoms. The Morgan fingerprint density at radius 2 is 1.72 bits per heavy atom. The van der Waals surface area contributed by atoms with Gasteiger partial charge in [0.1, 0.15) is 17.4 Å². The number of carbonyl (C=O) groups is 1. The Morgan fingerprint density at radius 3 is 2.44 bits per heavy atom. The monoisotopic (exact) mass is 430 g/mol. The maximum atomic E-state index is 13.1. The third-order valence-electron chi connectivity index (χ3n) is 5.45. The molecule has 1 saturated heterocycles. The smallest absolute Gasteiger partial charge is 0.254 e. The van der Waals surface area contributed by atoms with Crippen LogP contribution in [0.3, 0.4) is 0 Å². The van der Waals surface area contributed by atoms with Crippen molar-refractivity contribution in [2.75, 3.05) is 37.7 Å². The Labute approximate surface area is 189 Å². The maximum Gasteiger partial charge on any atom is 0.254 e. The first kappa shape index (κ1) is 21.8. The fraction of sp³-hybridized carbons (Fsp3) is 0.346. The summed E-state index contributed by atoms with van der Waals surface area (Å²) in [4.78, 5) is 26.4. The van der Waals surface area contributed by atoms with Crippen LogP contribution in [0.1, 0.15) is 30.0 Å². The summed E-state index contributed by atoms with van der Waals surface area (Å²) in [6.45, 7) is 9.55. The van der Waals surface area contributed by atoms with Gasteiger partial charge in [0, 0.05) is 43.4 Å². The minimum atomic E-state index is 0.0449. The minimum absolute atomic E-state index is 0.0449. The number of nitrogens with zero attached hydrogens (tertiary/aromatic N) is 4. The maximum absolute atomic E-state index is 13.1. The topological polar surface area (TPSA) is 58.6 Å². The van der Waals surface area contributed by atoms with Crippen LogP contribution in [0.5, 0.6) is 5.75 Å². The number of hydrogen-bond acceptors (Lipinski definition) is 5. The number of benzene rings is 2. The fourth-order valence-electron chi connectivity index (χ4n) is 3.77. The van der Waals surface area contributed by atoms with Gasteiger partial charge in [-0.3, -0.25) is 4.79 Å². The first-order chi connectivity index (χ1) is 15.5. The van der Waals surface area contributed by atoms with E-state index < -0.39 is 0 Å². The molecule has 0 atom stereocenters. The van der Waals surface area contributed by atoms with E-state index in [9.17, 15) is 4.79 Å². The predicted octanol–water partition coefficient (Wildman–Crippen LogP) is 4.45. The van der Waals surface area contributed by atoms with Gasteiger partial charge in [0.15, 0.2) is 0 Å². The standard InChI is InChI=1S/C26H30N4O2/c1-19(2)18-32-23-11-7-10-22(16-23)26(31)30-14-12-29(13-15-30)25-17-24(27-20(3)28-25)21-8-5-4-6-9-21/h4-11,16-17,19H,12-15,18H2,1-3H3. The van der Waals surface area contributed by atoms with Crippen LogP contribution in [-0.2, 0) is 0 Å². The molecule has 166 valence electrons. The van der Waals surface area contributed by atoms with Crippen LogP contribution in [0.15, 0.2) is 60.7 Å². The van der Waals surface area contributed by atoms with Crippen LogP contribution in [0.4, 0.5) is 5.82 Å². The lowest BCUT2D eigenvalue weighted by Gasteiger charge is -2.35. The lowest BCUT2D eigenvalue weighted by molar-refractivity contribution is 0.0746. The second-order valence-electron chi connectivity index (χ2n) is 8.54. The van der Waals surface area contributed by atoms with Gasteiger partial charge >= 0.3 is 0 Å². The van der Waals surface area contributed by atoms with Gasteiger partial charge in [-0.1, -0.05) is 50.2 Å². The van der Waals surface area contributed by atoms with Gasteiger partial charge in [0.05, 0.1) is 12.3 Å². The van der Waals surface area contributed by atoms with E-state index in [0.717, 1.165) is 41.7 Å². The van der Waals surface area contributed by atoms with E-state index in [0.29, 0.717) is 31.2 Å². The third-order valence-corrected chi connectivity index (χ3v) is 5.45. The van der Waals surface area contributed by atoms with E-state index in [1.165, 1.54) is 0 Å². The van der Waals surface area contributed by atoms with Crippen molar-refractivity contribution >= 4 is 11.7 Å². The van der Waals surface area contributed by atoms with Gasteiger partial charge in [-0.15, -0.1) is 0 Å². The summed E-state index contributed by atoms with van der Waals surface area (Å²) in [7, 11) is 0. The number of aryl methyl sites for hydroxylation is 1. The van der Waals surface area contributed by atoms with Crippen LogP contribution in [0.25, 0.3) is 11.3 Å². The van der Waals surface area contributed by atoms with Gasteiger partial charge < -0.3 is 14.5 Å². The predicted molar refractivity (Wildman–Crippen MR) is 127 cm³/mol. The number of hydrogen-bond donors (Lipinski definition) is 0. The molecule has 1 fully saturated rings. The largest absolute Gasteiger partial charge is 0.493 e. The van der Waals surface area contributed by atoms with E-state index in [1.807, 2.05) is 60.4 Å². The highest BCUT2D eigenvalue weighted by Crippen LogP contribution is 2.23. The number of piperazine rings is 1. The number of carbonyl (C=O) groups excluding carboxylic acids is 1. The summed E-state index contributed by atoms with van der Waals surface area (Å²) in [6.07, 6.45) is 0. The van der Waals surface area contributed by atoms with E-state index in [-0.39, 0.29) is 5.91 Å². The van der Waals surface area contributed by atoms with Gasteiger partial charge in [0.2, 0.25) is 0 Å².